The summed E-state index contributed by atoms with van der Waals surface area (Å²) in [5.74, 6) is 1.42. The number of rotatable bonds is 1. The highest BCUT2D eigenvalue weighted by Crippen LogP contribution is 2.64. The van der Waals surface area contributed by atoms with Crippen molar-refractivity contribution < 1.29 is 19.8 Å². The summed E-state index contributed by atoms with van der Waals surface area (Å²) in [5.41, 5.74) is 1.52. The van der Waals surface area contributed by atoms with Gasteiger partial charge in [-0.05, 0) is 50.9 Å². The minimum atomic E-state index is -0.872. The molecule has 2 fully saturated rings. The van der Waals surface area contributed by atoms with Crippen molar-refractivity contribution in [2.24, 2.45) is 5.16 Å². The lowest BCUT2D eigenvalue weighted by Gasteiger charge is -2.62. The Kier molecular flexibility index (Phi) is 2.69. The summed E-state index contributed by atoms with van der Waals surface area (Å²) in [6, 6.07) is 4.10. The normalized spacial score (nSPS) is 41.0. The third-order valence-electron chi connectivity index (χ3n) is 6.88. The Balaban J connectivity index is 1.85. The van der Waals surface area contributed by atoms with Gasteiger partial charge in [0.2, 0.25) is 0 Å². The molecular formula is C18H22N2O4. The third-order valence-corrected chi connectivity index (χ3v) is 6.88. The maximum atomic E-state index is 11.9. The van der Waals surface area contributed by atoms with E-state index in [0.717, 1.165) is 30.7 Å². The minimum Gasteiger partial charge on any atom is -0.493 e. The highest BCUT2D eigenvalue weighted by Gasteiger charge is 2.72. The Morgan fingerprint density at radius 1 is 1.38 bits per heavy atom. The monoisotopic (exact) mass is 330 g/mol. The van der Waals surface area contributed by atoms with Crippen molar-refractivity contribution in [3.63, 3.8) is 0 Å². The molecule has 2 aliphatic carbocycles. The summed E-state index contributed by atoms with van der Waals surface area (Å²) in [5, 5.41) is 24.9. The molecule has 1 saturated carbocycles. The highest BCUT2D eigenvalue weighted by atomic mass is 16.5. The molecular weight excluding hydrogens is 308 g/mol. The summed E-state index contributed by atoms with van der Waals surface area (Å²) in [7, 11) is 3.72. The summed E-state index contributed by atoms with van der Waals surface area (Å²) in [6.45, 7) is 0.891. The van der Waals surface area contributed by atoms with E-state index in [1.165, 1.54) is 5.56 Å². The van der Waals surface area contributed by atoms with Crippen molar-refractivity contribution in [2.45, 2.75) is 48.8 Å². The number of nitrogens with zero attached hydrogens (tertiary/aromatic N) is 2. The molecule has 6 nitrogen and oxygen atoms in total. The van der Waals surface area contributed by atoms with E-state index in [2.05, 4.69) is 23.2 Å². The maximum Gasteiger partial charge on any atom is 0.166 e. The molecule has 0 amide bonds. The van der Waals surface area contributed by atoms with Crippen LogP contribution >= 0.6 is 0 Å². The Morgan fingerprint density at radius 3 is 2.96 bits per heavy atom. The van der Waals surface area contributed by atoms with Gasteiger partial charge >= 0.3 is 0 Å². The van der Waals surface area contributed by atoms with E-state index in [1.54, 1.807) is 7.11 Å². The fraction of sp³-hybridized carbons (Fsp3) is 0.611. The third kappa shape index (κ3) is 1.35. The lowest BCUT2D eigenvalue weighted by atomic mass is 9.49. The van der Waals surface area contributed by atoms with Crippen molar-refractivity contribution in [2.75, 3.05) is 20.7 Å². The van der Waals surface area contributed by atoms with Gasteiger partial charge in [0.05, 0.1) is 23.8 Å². The van der Waals surface area contributed by atoms with Crippen LogP contribution in [0.4, 0.5) is 0 Å². The second-order valence-electron chi connectivity index (χ2n) is 7.57. The summed E-state index contributed by atoms with van der Waals surface area (Å²) in [6.07, 6.45) is 2.32. The Hall–Kier alpha value is -1.79. The van der Waals surface area contributed by atoms with Crippen LogP contribution in [0.15, 0.2) is 17.3 Å². The summed E-state index contributed by atoms with van der Waals surface area (Å²) in [4.78, 5) is 2.27. The van der Waals surface area contributed by atoms with Gasteiger partial charge in [0.25, 0.3) is 0 Å². The van der Waals surface area contributed by atoms with Crippen molar-refractivity contribution in [3.05, 3.63) is 23.3 Å². The molecule has 1 aromatic rings. The number of aliphatic hydroxyl groups is 1. The topological polar surface area (TPSA) is 74.5 Å². The molecule has 1 aromatic carbocycles. The number of hydrogen-bond acceptors (Lipinski definition) is 6. The van der Waals surface area contributed by atoms with Crippen LogP contribution in [-0.2, 0) is 11.8 Å². The molecule has 24 heavy (non-hydrogen) atoms. The van der Waals surface area contributed by atoms with Crippen LogP contribution in [0, 0.1) is 0 Å². The highest BCUT2D eigenvalue weighted by molar-refractivity contribution is 5.94. The zero-order valence-electron chi connectivity index (χ0n) is 14.0. The molecule has 1 unspecified atom stereocenters. The number of likely N-dealkylation sites (tertiary alicyclic amines) is 1. The number of likely N-dealkylation sites (N-methyl/N-ethyl adjacent to an activating group) is 1. The molecule has 2 N–H and O–H groups in total. The van der Waals surface area contributed by atoms with Gasteiger partial charge in [-0.3, -0.25) is 0 Å². The van der Waals surface area contributed by atoms with Crippen LogP contribution in [0.3, 0.4) is 0 Å². The van der Waals surface area contributed by atoms with E-state index < -0.39 is 17.1 Å². The van der Waals surface area contributed by atoms with Crippen molar-refractivity contribution >= 4 is 5.71 Å². The molecule has 128 valence electrons. The van der Waals surface area contributed by atoms with Gasteiger partial charge in [0.1, 0.15) is 0 Å². The van der Waals surface area contributed by atoms with E-state index in [0.29, 0.717) is 24.3 Å². The van der Waals surface area contributed by atoms with Gasteiger partial charge in [-0.15, -0.1) is 0 Å². The molecule has 4 atom stereocenters. The number of ether oxygens (including phenoxy) is 2. The van der Waals surface area contributed by atoms with E-state index in [1.807, 2.05) is 6.07 Å². The zero-order chi connectivity index (χ0) is 16.7. The molecule has 2 heterocycles. The minimum absolute atomic E-state index is 0.0597. The van der Waals surface area contributed by atoms with Gasteiger partial charge in [0, 0.05) is 11.6 Å². The molecule has 2 aliphatic heterocycles. The van der Waals surface area contributed by atoms with Crippen molar-refractivity contribution in [1.82, 2.24) is 4.90 Å². The number of methoxy groups -OCH3 is 1. The zero-order valence-corrected chi connectivity index (χ0v) is 14.0. The second-order valence-corrected chi connectivity index (χ2v) is 7.57. The average molecular weight is 330 g/mol. The van der Waals surface area contributed by atoms with Gasteiger partial charge in [0.15, 0.2) is 17.6 Å². The molecule has 5 rings (SSSR count). The van der Waals surface area contributed by atoms with Gasteiger partial charge < -0.3 is 24.7 Å². The fourth-order valence-corrected chi connectivity index (χ4v) is 5.80. The number of oxime groups is 1. The van der Waals surface area contributed by atoms with Gasteiger partial charge in [-0.1, -0.05) is 11.2 Å². The quantitative estimate of drug-likeness (QED) is 0.600. The van der Waals surface area contributed by atoms with Crippen molar-refractivity contribution in [1.29, 1.82) is 0 Å². The van der Waals surface area contributed by atoms with Crippen LogP contribution in [-0.4, -0.2) is 59.4 Å². The van der Waals surface area contributed by atoms with Crippen LogP contribution in [0.25, 0.3) is 0 Å². The Labute approximate surface area is 140 Å². The first-order valence-electron chi connectivity index (χ1n) is 8.57. The van der Waals surface area contributed by atoms with E-state index in [9.17, 15) is 10.3 Å². The van der Waals surface area contributed by atoms with E-state index in [-0.39, 0.29) is 6.04 Å². The fourth-order valence-electron chi connectivity index (χ4n) is 5.80. The molecule has 1 spiro atoms. The largest absolute Gasteiger partial charge is 0.493 e. The Bertz CT molecular complexity index is 764. The van der Waals surface area contributed by atoms with Crippen LogP contribution < -0.4 is 9.47 Å². The molecule has 0 aromatic heterocycles. The smallest absolute Gasteiger partial charge is 0.166 e. The van der Waals surface area contributed by atoms with Crippen LogP contribution in [0.2, 0.25) is 0 Å². The predicted octanol–water partition coefficient (Wildman–Crippen LogP) is 1.31. The number of piperidine rings is 1. The molecule has 1 saturated heterocycles. The lowest BCUT2D eigenvalue weighted by molar-refractivity contribution is -0.161. The standard InChI is InChI=1S/C18H22N2O4/c1-20-8-7-17-14-10-3-4-12(23-2)15(14)24-16(17)11(19-22)5-6-18(17,21)13(20)9-10/h3-4,13,16,21-22H,5-9H2,1-2H3/b19-11+/t13-,16+,17+,18?/m1/s1. The lowest BCUT2D eigenvalue weighted by Crippen LogP contribution is -2.76. The average Bonchev–Trinajstić information content (AvgIpc) is 2.93. The van der Waals surface area contributed by atoms with Crippen molar-refractivity contribution in [3.8, 4) is 11.5 Å². The first kappa shape index (κ1) is 14.5. The molecule has 6 heteroatoms. The number of hydrogen-bond donors (Lipinski definition) is 2. The van der Waals surface area contributed by atoms with Gasteiger partial charge in [-0.2, -0.15) is 0 Å². The summed E-state index contributed by atoms with van der Waals surface area (Å²) >= 11 is 0. The molecule has 0 radical (unpaired) electrons. The second kappa shape index (κ2) is 4.43. The summed E-state index contributed by atoms with van der Waals surface area (Å²) < 4.78 is 11.8. The predicted molar refractivity (Wildman–Crippen MR) is 87.2 cm³/mol. The first-order valence-corrected chi connectivity index (χ1v) is 8.57. The molecule has 4 aliphatic rings. The molecule has 2 bridgehead atoms. The maximum absolute atomic E-state index is 11.9. The van der Waals surface area contributed by atoms with E-state index >= 15 is 0 Å². The van der Waals surface area contributed by atoms with Gasteiger partial charge in [-0.25, -0.2) is 0 Å². The van der Waals surface area contributed by atoms with E-state index in [4.69, 9.17) is 9.47 Å². The van der Waals surface area contributed by atoms with Crippen LogP contribution in [0.5, 0.6) is 11.5 Å². The Morgan fingerprint density at radius 2 is 2.21 bits per heavy atom. The SMILES string of the molecule is COc1ccc2c3c1O[C@H]1/C(=N/O)CCC4(O)[C@@H](C2)N(C)CC[C@]314. The first-order chi connectivity index (χ1) is 11.6. The van der Waals surface area contributed by atoms with Crippen LogP contribution in [0.1, 0.15) is 30.4 Å². The number of benzene rings is 1.